The first-order valence-electron chi connectivity index (χ1n) is 9.46. The number of aliphatic imine (C=N–C) groups is 1. The van der Waals surface area contributed by atoms with Gasteiger partial charge in [0.2, 0.25) is 0 Å². The zero-order chi connectivity index (χ0) is 19.5. The molecule has 0 spiro atoms. The quantitative estimate of drug-likeness (QED) is 0.605. The van der Waals surface area contributed by atoms with Gasteiger partial charge in [-0.2, -0.15) is 0 Å². The van der Waals surface area contributed by atoms with Crippen LogP contribution in [-0.2, 0) is 6.54 Å². The Balaban J connectivity index is 1.62. The number of amides is 1. The van der Waals surface area contributed by atoms with Gasteiger partial charge in [0.15, 0.2) is 0 Å². The predicted molar refractivity (Wildman–Crippen MR) is 116 cm³/mol. The van der Waals surface area contributed by atoms with Crippen molar-refractivity contribution in [1.82, 2.24) is 5.32 Å². The summed E-state index contributed by atoms with van der Waals surface area (Å²) in [6.07, 6.45) is 0.848. The molecule has 140 valence electrons. The molecule has 0 saturated heterocycles. The van der Waals surface area contributed by atoms with Crippen molar-refractivity contribution >= 4 is 29.1 Å². The molecule has 0 radical (unpaired) electrons. The van der Waals surface area contributed by atoms with E-state index in [2.05, 4.69) is 37.4 Å². The maximum atomic E-state index is 12.6. The van der Waals surface area contributed by atoms with Crippen LogP contribution in [0.4, 0.5) is 5.69 Å². The summed E-state index contributed by atoms with van der Waals surface area (Å²) in [4.78, 5) is 19.8. The van der Waals surface area contributed by atoms with Crippen LogP contribution in [0.15, 0.2) is 81.5 Å². The van der Waals surface area contributed by atoms with Gasteiger partial charge in [-0.3, -0.25) is 9.79 Å². The minimum absolute atomic E-state index is 0.0810. The highest BCUT2D eigenvalue weighted by Crippen LogP contribution is 2.41. The molecule has 1 aliphatic rings. The first-order valence-corrected chi connectivity index (χ1v) is 10.3. The zero-order valence-corrected chi connectivity index (χ0v) is 16.8. The molecule has 4 heteroatoms. The van der Waals surface area contributed by atoms with Gasteiger partial charge >= 0.3 is 0 Å². The number of aryl methyl sites for hydroxylation is 1. The second-order valence-electron chi connectivity index (χ2n) is 6.86. The highest BCUT2D eigenvalue weighted by molar-refractivity contribution is 7.99. The monoisotopic (exact) mass is 386 g/mol. The van der Waals surface area contributed by atoms with E-state index in [-0.39, 0.29) is 5.91 Å². The fourth-order valence-corrected chi connectivity index (χ4v) is 4.27. The standard InChI is InChI=1S/C24H22N2OS/c1-3-20-19-13-16(2)9-11-22(19)28-23-12-10-18(14-21(23)26-20)24(27)25-15-17-7-5-4-6-8-17/h4-14H,3,15H2,1-2H3,(H,25,27). The number of benzene rings is 3. The van der Waals surface area contributed by atoms with Gasteiger partial charge in [-0.15, -0.1) is 0 Å². The van der Waals surface area contributed by atoms with Gasteiger partial charge in [0.1, 0.15) is 0 Å². The summed E-state index contributed by atoms with van der Waals surface area (Å²) in [5.41, 5.74) is 6.07. The minimum atomic E-state index is -0.0810. The normalized spacial score (nSPS) is 12.4. The van der Waals surface area contributed by atoms with Crippen LogP contribution in [0, 0.1) is 6.92 Å². The molecule has 0 bridgehead atoms. The van der Waals surface area contributed by atoms with Gasteiger partial charge in [-0.1, -0.05) is 60.6 Å². The van der Waals surface area contributed by atoms with E-state index >= 15 is 0 Å². The Morgan fingerprint density at radius 3 is 2.57 bits per heavy atom. The summed E-state index contributed by atoms with van der Waals surface area (Å²) in [5, 5.41) is 2.99. The zero-order valence-electron chi connectivity index (χ0n) is 16.0. The van der Waals surface area contributed by atoms with E-state index in [0.29, 0.717) is 12.1 Å². The summed E-state index contributed by atoms with van der Waals surface area (Å²) >= 11 is 1.72. The molecule has 3 nitrogen and oxygen atoms in total. The van der Waals surface area contributed by atoms with Crippen LogP contribution in [0.3, 0.4) is 0 Å². The van der Waals surface area contributed by atoms with Gasteiger partial charge in [-0.25, -0.2) is 0 Å². The Bertz CT molecular complexity index is 1060. The van der Waals surface area contributed by atoms with Crippen LogP contribution in [-0.4, -0.2) is 11.6 Å². The second kappa shape index (κ2) is 8.03. The van der Waals surface area contributed by atoms with E-state index in [0.717, 1.165) is 28.3 Å². The third-order valence-electron chi connectivity index (χ3n) is 4.77. The fraction of sp³-hybridized carbons (Fsp3) is 0.167. The number of carbonyl (C=O) groups is 1. The van der Waals surface area contributed by atoms with E-state index in [4.69, 9.17) is 4.99 Å². The summed E-state index contributed by atoms with van der Waals surface area (Å²) in [7, 11) is 0. The number of rotatable bonds is 4. The van der Waals surface area contributed by atoms with Crippen molar-refractivity contribution in [2.45, 2.75) is 36.6 Å². The molecule has 0 fully saturated rings. The van der Waals surface area contributed by atoms with Gasteiger partial charge in [0, 0.05) is 33.2 Å². The SMILES string of the molecule is CCC1=Nc2cc(C(=O)NCc3ccccc3)ccc2Sc2ccc(C)cc21. The van der Waals surface area contributed by atoms with Crippen LogP contribution in [0.1, 0.15) is 40.4 Å². The lowest BCUT2D eigenvalue weighted by atomic mass is 10.0. The Labute approximate surface area is 169 Å². The molecule has 1 amide bonds. The number of fused-ring (bicyclic) bond motifs is 2. The average Bonchev–Trinajstić information content (AvgIpc) is 2.88. The van der Waals surface area contributed by atoms with Crippen molar-refractivity contribution in [3.05, 3.63) is 89.0 Å². The number of hydrogen-bond acceptors (Lipinski definition) is 3. The van der Waals surface area contributed by atoms with Crippen molar-refractivity contribution in [2.24, 2.45) is 4.99 Å². The molecule has 0 atom stereocenters. The molecule has 0 saturated carbocycles. The molecular weight excluding hydrogens is 364 g/mol. The Morgan fingerprint density at radius 2 is 1.79 bits per heavy atom. The lowest BCUT2D eigenvalue weighted by Crippen LogP contribution is -2.22. The van der Waals surface area contributed by atoms with Gasteiger partial charge in [0.05, 0.1) is 5.69 Å². The summed E-state index contributed by atoms with van der Waals surface area (Å²) < 4.78 is 0. The molecule has 1 aliphatic heterocycles. The Morgan fingerprint density at radius 1 is 1.00 bits per heavy atom. The van der Waals surface area contributed by atoms with E-state index < -0.39 is 0 Å². The second-order valence-corrected chi connectivity index (χ2v) is 7.95. The van der Waals surface area contributed by atoms with Crippen molar-refractivity contribution in [2.75, 3.05) is 0 Å². The van der Waals surface area contributed by atoms with Crippen molar-refractivity contribution in [1.29, 1.82) is 0 Å². The lowest BCUT2D eigenvalue weighted by molar-refractivity contribution is 0.0951. The highest BCUT2D eigenvalue weighted by Gasteiger charge is 2.18. The topological polar surface area (TPSA) is 41.5 Å². The molecule has 1 heterocycles. The third kappa shape index (κ3) is 3.87. The van der Waals surface area contributed by atoms with Crippen molar-refractivity contribution in [3.8, 4) is 0 Å². The van der Waals surface area contributed by atoms with Crippen LogP contribution in [0.25, 0.3) is 0 Å². The Kier molecular flexibility index (Phi) is 5.31. The maximum absolute atomic E-state index is 12.6. The maximum Gasteiger partial charge on any atom is 0.251 e. The molecule has 0 aliphatic carbocycles. The van der Waals surface area contributed by atoms with Crippen LogP contribution in [0.5, 0.6) is 0 Å². The molecule has 0 unspecified atom stereocenters. The van der Waals surface area contributed by atoms with E-state index in [1.54, 1.807) is 11.8 Å². The Hall–Kier alpha value is -2.85. The third-order valence-corrected chi connectivity index (χ3v) is 5.91. The van der Waals surface area contributed by atoms with E-state index in [1.807, 2.05) is 48.5 Å². The molecule has 28 heavy (non-hydrogen) atoms. The first-order chi connectivity index (χ1) is 13.6. The highest BCUT2D eigenvalue weighted by atomic mass is 32.2. The fourth-order valence-electron chi connectivity index (χ4n) is 3.26. The number of carbonyl (C=O) groups excluding carboxylic acids is 1. The number of nitrogens with one attached hydrogen (secondary N) is 1. The minimum Gasteiger partial charge on any atom is -0.348 e. The summed E-state index contributed by atoms with van der Waals surface area (Å²) in [6.45, 7) is 4.74. The summed E-state index contributed by atoms with van der Waals surface area (Å²) in [6, 6.07) is 22.2. The number of hydrogen-bond donors (Lipinski definition) is 1. The summed E-state index contributed by atoms with van der Waals surface area (Å²) in [5.74, 6) is -0.0810. The average molecular weight is 387 g/mol. The van der Waals surface area contributed by atoms with Crippen molar-refractivity contribution < 1.29 is 4.79 Å². The largest absolute Gasteiger partial charge is 0.348 e. The molecule has 3 aromatic rings. The van der Waals surface area contributed by atoms with E-state index in [1.165, 1.54) is 16.0 Å². The number of nitrogens with zero attached hydrogens (tertiary/aromatic N) is 1. The van der Waals surface area contributed by atoms with Crippen LogP contribution >= 0.6 is 11.8 Å². The first kappa shape index (κ1) is 18.5. The predicted octanol–water partition coefficient (Wildman–Crippen LogP) is 5.92. The van der Waals surface area contributed by atoms with Gasteiger partial charge in [-0.05, 0) is 49.2 Å². The molecular formula is C24H22N2OS. The molecule has 0 aromatic heterocycles. The smallest absolute Gasteiger partial charge is 0.251 e. The molecule has 4 rings (SSSR count). The van der Waals surface area contributed by atoms with Gasteiger partial charge < -0.3 is 5.32 Å². The van der Waals surface area contributed by atoms with E-state index in [9.17, 15) is 4.79 Å². The molecule has 1 N–H and O–H groups in total. The van der Waals surface area contributed by atoms with Crippen LogP contribution in [0.2, 0.25) is 0 Å². The van der Waals surface area contributed by atoms with Gasteiger partial charge in [0.25, 0.3) is 5.91 Å². The lowest BCUT2D eigenvalue weighted by Gasteiger charge is -2.09. The molecule has 3 aromatic carbocycles. The van der Waals surface area contributed by atoms with Crippen LogP contribution < -0.4 is 5.32 Å². The van der Waals surface area contributed by atoms with Crippen molar-refractivity contribution in [3.63, 3.8) is 0 Å².